The minimum Gasteiger partial charge on any atom is -0.340 e. The first-order valence-electron chi connectivity index (χ1n) is 5.03. The maximum atomic E-state index is 11.8. The van der Waals surface area contributed by atoms with E-state index in [1.807, 2.05) is 12.1 Å². The summed E-state index contributed by atoms with van der Waals surface area (Å²) in [4.78, 5) is 17.7. The molecule has 0 bridgehead atoms. The highest BCUT2D eigenvalue weighted by Crippen LogP contribution is 2.08. The van der Waals surface area contributed by atoms with Crippen LogP contribution in [-0.2, 0) is 0 Å². The molecule has 3 nitrogen and oxygen atoms in total. The number of aromatic nitrogens is 1. The van der Waals surface area contributed by atoms with Crippen molar-refractivity contribution < 1.29 is 4.79 Å². The van der Waals surface area contributed by atoms with Crippen LogP contribution in [0.1, 0.15) is 30.3 Å². The van der Waals surface area contributed by atoms with Crippen LogP contribution < -0.4 is 0 Å². The molecule has 1 heterocycles. The number of rotatable bonds is 4. The number of unbranched alkanes of at least 4 members (excludes halogenated alkanes) is 1. The molecule has 0 saturated carbocycles. The predicted octanol–water partition coefficient (Wildman–Crippen LogP) is 2.72. The molecule has 15 heavy (non-hydrogen) atoms. The summed E-state index contributed by atoms with van der Waals surface area (Å²) >= 11 is 3.25. The Morgan fingerprint density at radius 2 is 2.27 bits per heavy atom. The highest BCUT2D eigenvalue weighted by Gasteiger charge is 2.12. The Kier molecular flexibility index (Phi) is 4.75. The summed E-state index contributed by atoms with van der Waals surface area (Å²) in [6, 6.07) is 5.36. The first-order chi connectivity index (χ1) is 7.15. The molecule has 0 saturated heterocycles. The van der Waals surface area contributed by atoms with Gasteiger partial charge >= 0.3 is 0 Å². The van der Waals surface area contributed by atoms with E-state index in [1.165, 1.54) is 0 Å². The summed E-state index contributed by atoms with van der Waals surface area (Å²) in [5.41, 5.74) is 0.489. The van der Waals surface area contributed by atoms with Crippen LogP contribution in [0.5, 0.6) is 0 Å². The molecule has 1 aromatic rings. The minimum atomic E-state index is -0.0234. The van der Waals surface area contributed by atoms with E-state index >= 15 is 0 Å². The third-order valence-electron chi connectivity index (χ3n) is 2.13. The summed E-state index contributed by atoms with van der Waals surface area (Å²) in [6.45, 7) is 2.89. The number of hydrogen-bond acceptors (Lipinski definition) is 2. The SMILES string of the molecule is CCCCN(C)C(=O)c1cccc(Br)n1. The smallest absolute Gasteiger partial charge is 0.272 e. The predicted molar refractivity (Wildman–Crippen MR) is 63.8 cm³/mol. The molecule has 1 rings (SSSR count). The Hall–Kier alpha value is -0.900. The van der Waals surface area contributed by atoms with Gasteiger partial charge in [0.15, 0.2) is 0 Å². The lowest BCUT2D eigenvalue weighted by atomic mass is 10.3. The van der Waals surface area contributed by atoms with E-state index in [-0.39, 0.29) is 5.91 Å². The van der Waals surface area contributed by atoms with Crippen LogP contribution in [-0.4, -0.2) is 29.4 Å². The molecule has 0 atom stereocenters. The van der Waals surface area contributed by atoms with Crippen molar-refractivity contribution >= 4 is 21.8 Å². The summed E-state index contributed by atoms with van der Waals surface area (Å²) in [6.07, 6.45) is 2.11. The molecule has 0 fully saturated rings. The van der Waals surface area contributed by atoms with Gasteiger partial charge < -0.3 is 4.90 Å². The number of carbonyl (C=O) groups excluding carboxylic acids is 1. The van der Waals surface area contributed by atoms with Gasteiger partial charge in [-0.05, 0) is 34.5 Å². The van der Waals surface area contributed by atoms with E-state index < -0.39 is 0 Å². The van der Waals surface area contributed by atoms with E-state index in [0.717, 1.165) is 19.4 Å². The van der Waals surface area contributed by atoms with E-state index in [2.05, 4.69) is 27.8 Å². The molecule has 1 amide bonds. The monoisotopic (exact) mass is 270 g/mol. The summed E-state index contributed by atoms with van der Waals surface area (Å²) < 4.78 is 0.692. The quantitative estimate of drug-likeness (QED) is 0.789. The van der Waals surface area contributed by atoms with Gasteiger partial charge in [-0.2, -0.15) is 0 Å². The Bertz CT molecular complexity index is 341. The Morgan fingerprint density at radius 3 is 2.87 bits per heavy atom. The minimum absolute atomic E-state index is 0.0234. The molecule has 0 aliphatic rings. The van der Waals surface area contributed by atoms with Gasteiger partial charge in [0.2, 0.25) is 0 Å². The largest absolute Gasteiger partial charge is 0.340 e. The van der Waals surface area contributed by atoms with Crippen LogP contribution >= 0.6 is 15.9 Å². The average molecular weight is 271 g/mol. The van der Waals surface area contributed by atoms with E-state index in [1.54, 1.807) is 18.0 Å². The molecule has 82 valence electrons. The van der Waals surface area contributed by atoms with Gasteiger partial charge in [0, 0.05) is 13.6 Å². The second kappa shape index (κ2) is 5.85. The second-order valence-electron chi connectivity index (χ2n) is 3.43. The average Bonchev–Trinajstić information content (AvgIpc) is 2.24. The highest BCUT2D eigenvalue weighted by atomic mass is 79.9. The van der Waals surface area contributed by atoms with Crippen molar-refractivity contribution in [2.24, 2.45) is 0 Å². The van der Waals surface area contributed by atoms with Gasteiger partial charge in [0.05, 0.1) is 0 Å². The lowest BCUT2D eigenvalue weighted by molar-refractivity contribution is 0.0787. The lowest BCUT2D eigenvalue weighted by Crippen LogP contribution is -2.28. The van der Waals surface area contributed by atoms with Crippen molar-refractivity contribution in [1.82, 2.24) is 9.88 Å². The van der Waals surface area contributed by atoms with Crippen LogP contribution in [0.15, 0.2) is 22.8 Å². The van der Waals surface area contributed by atoms with E-state index in [4.69, 9.17) is 0 Å². The highest BCUT2D eigenvalue weighted by molar-refractivity contribution is 9.10. The van der Waals surface area contributed by atoms with Crippen molar-refractivity contribution in [2.75, 3.05) is 13.6 Å². The molecule has 4 heteroatoms. The van der Waals surface area contributed by atoms with Crippen molar-refractivity contribution in [3.63, 3.8) is 0 Å². The van der Waals surface area contributed by atoms with Crippen LogP contribution in [0.4, 0.5) is 0 Å². The fourth-order valence-corrected chi connectivity index (χ4v) is 1.56. The molecular formula is C11H15BrN2O. The summed E-state index contributed by atoms with van der Waals surface area (Å²) in [5.74, 6) is -0.0234. The molecule has 0 radical (unpaired) electrons. The van der Waals surface area contributed by atoms with Gasteiger partial charge in [0.1, 0.15) is 10.3 Å². The standard InChI is InChI=1S/C11H15BrN2O/c1-3-4-8-14(2)11(15)9-6-5-7-10(12)13-9/h5-7H,3-4,8H2,1-2H3. The number of amides is 1. The van der Waals surface area contributed by atoms with Gasteiger partial charge in [-0.15, -0.1) is 0 Å². The van der Waals surface area contributed by atoms with Crippen LogP contribution in [0.3, 0.4) is 0 Å². The van der Waals surface area contributed by atoms with Crippen molar-refractivity contribution in [3.05, 3.63) is 28.5 Å². The van der Waals surface area contributed by atoms with Crippen LogP contribution in [0.2, 0.25) is 0 Å². The third kappa shape index (κ3) is 3.63. The number of hydrogen-bond donors (Lipinski definition) is 0. The van der Waals surface area contributed by atoms with Gasteiger partial charge in [-0.25, -0.2) is 4.98 Å². The van der Waals surface area contributed by atoms with E-state index in [0.29, 0.717) is 10.3 Å². The zero-order valence-electron chi connectivity index (χ0n) is 9.03. The zero-order chi connectivity index (χ0) is 11.3. The second-order valence-corrected chi connectivity index (χ2v) is 4.24. The fourth-order valence-electron chi connectivity index (χ4n) is 1.22. The first-order valence-corrected chi connectivity index (χ1v) is 5.82. The van der Waals surface area contributed by atoms with Crippen molar-refractivity contribution in [3.8, 4) is 0 Å². The normalized spacial score (nSPS) is 10.1. The molecular weight excluding hydrogens is 256 g/mol. The molecule has 0 aliphatic carbocycles. The van der Waals surface area contributed by atoms with Crippen LogP contribution in [0, 0.1) is 0 Å². The molecule has 0 spiro atoms. The number of pyridine rings is 1. The topological polar surface area (TPSA) is 33.2 Å². The molecule has 0 unspecified atom stereocenters. The molecule has 1 aromatic heterocycles. The van der Waals surface area contributed by atoms with Gasteiger partial charge in [-0.1, -0.05) is 19.4 Å². The Balaban J connectivity index is 2.67. The summed E-state index contributed by atoms with van der Waals surface area (Å²) in [7, 11) is 1.81. The Labute approximate surface area is 98.6 Å². The van der Waals surface area contributed by atoms with Gasteiger partial charge in [-0.3, -0.25) is 4.79 Å². The van der Waals surface area contributed by atoms with Gasteiger partial charge in [0.25, 0.3) is 5.91 Å². The van der Waals surface area contributed by atoms with Crippen molar-refractivity contribution in [2.45, 2.75) is 19.8 Å². The molecule has 0 aromatic carbocycles. The first kappa shape index (κ1) is 12.2. The molecule has 0 aliphatic heterocycles. The molecule has 0 N–H and O–H groups in total. The fraction of sp³-hybridized carbons (Fsp3) is 0.455. The number of halogens is 1. The third-order valence-corrected chi connectivity index (χ3v) is 2.57. The van der Waals surface area contributed by atoms with Crippen LogP contribution in [0.25, 0.3) is 0 Å². The lowest BCUT2D eigenvalue weighted by Gasteiger charge is -2.15. The maximum Gasteiger partial charge on any atom is 0.272 e. The zero-order valence-corrected chi connectivity index (χ0v) is 10.6. The summed E-state index contributed by atoms with van der Waals surface area (Å²) in [5, 5.41) is 0. The maximum absolute atomic E-state index is 11.8. The van der Waals surface area contributed by atoms with E-state index in [9.17, 15) is 4.79 Å². The van der Waals surface area contributed by atoms with Crippen molar-refractivity contribution in [1.29, 1.82) is 0 Å². The number of carbonyl (C=O) groups is 1. The number of nitrogens with zero attached hydrogens (tertiary/aromatic N) is 2. The Morgan fingerprint density at radius 1 is 1.53 bits per heavy atom.